The maximum absolute atomic E-state index is 6.52. The molecule has 0 radical (unpaired) electrons. The molecule has 0 saturated carbocycles. The zero-order valence-electron chi connectivity index (χ0n) is 37.9. The van der Waals surface area contributed by atoms with Crippen molar-refractivity contribution in [2.75, 3.05) is 40.9 Å². The average Bonchev–Trinajstić information content (AvgIpc) is 3.32. The summed E-state index contributed by atoms with van der Waals surface area (Å²) in [5.74, 6) is 0. The van der Waals surface area contributed by atoms with Crippen molar-refractivity contribution < 1.29 is 0 Å². The zero-order chi connectivity index (χ0) is 43.1. The van der Waals surface area contributed by atoms with Gasteiger partial charge >= 0.3 is 0 Å². The predicted octanol–water partition coefficient (Wildman–Crippen LogP) is 16.5. The van der Waals surface area contributed by atoms with Crippen LogP contribution in [-0.4, -0.2) is 26.2 Å². The number of aryl methyl sites for hydroxylation is 4. The predicted molar refractivity (Wildman–Crippen MR) is 273 cm³/mol. The molecule has 0 aliphatic carbocycles. The van der Waals surface area contributed by atoms with Crippen molar-refractivity contribution in [3.8, 4) is 0 Å². The number of hydrogen-bond donors (Lipinski definition) is 0. The molecule has 322 valence electrons. The van der Waals surface area contributed by atoms with Gasteiger partial charge in [0, 0.05) is 59.0 Å². The van der Waals surface area contributed by atoms with E-state index in [4.69, 9.17) is 11.6 Å². The van der Waals surface area contributed by atoms with Crippen LogP contribution in [0.1, 0.15) is 101 Å². The van der Waals surface area contributed by atoms with Gasteiger partial charge in [0.1, 0.15) is 0 Å². The van der Waals surface area contributed by atoms with Crippen LogP contribution in [0, 0.1) is 0 Å². The fourth-order valence-electron chi connectivity index (χ4n) is 8.96. The molecule has 0 spiro atoms. The quantitative estimate of drug-likeness (QED) is 0.0635. The Hall–Kier alpha value is -5.25. The van der Waals surface area contributed by atoms with E-state index >= 15 is 0 Å². The van der Waals surface area contributed by atoms with Crippen molar-refractivity contribution in [2.45, 2.75) is 105 Å². The summed E-state index contributed by atoms with van der Waals surface area (Å²) in [6, 6.07) is 54.4. The fraction of sp³-hybridized carbons (Fsp3) is 0.345. The molecule has 3 nitrogen and oxygen atoms in total. The molecule has 7 rings (SSSR count). The van der Waals surface area contributed by atoms with Gasteiger partial charge < -0.3 is 14.7 Å². The van der Waals surface area contributed by atoms with Gasteiger partial charge in [0.15, 0.2) is 0 Å². The Labute approximate surface area is 378 Å². The topological polar surface area (TPSA) is 9.72 Å². The number of rotatable bonds is 23. The normalized spacial score (nSPS) is 11.4. The molecule has 0 aromatic heterocycles. The van der Waals surface area contributed by atoms with Crippen LogP contribution in [-0.2, 0) is 25.7 Å². The Balaban J connectivity index is 1.16. The Bertz CT molecular complexity index is 2270. The van der Waals surface area contributed by atoms with Crippen molar-refractivity contribution >= 4 is 61.6 Å². The minimum Gasteiger partial charge on any atom is -0.372 e. The summed E-state index contributed by atoms with van der Waals surface area (Å²) >= 11 is 6.52. The van der Waals surface area contributed by atoms with E-state index in [-0.39, 0.29) is 0 Å². The first-order valence-electron chi connectivity index (χ1n) is 23.8. The van der Waals surface area contributed by atoms with Gasteiger partial charge in [0.25, 0.3) is 0 Å². The first-order chi connectivity index (χ1) is 30.5. The van der Waals surface area contributed by atoms with Gasteiger partial charge in [-0.3, -0.25) is 0 Å². The van der Waals surface area contributed by atoms with Crippen LogP contribution in [0.2, 0.25) is 5.02 Å². The SMILES string of the molecule is CCCCN(CCCC)c1ccc(CCc2ccc(N(c3ccc(Cl)cc3)c3ccc(CCc4ccc(N(CCCC)CCCC)cc4)c4ccccc34)c3ccccc23)cc1. The molecule has 0 unspecified atom stereocenters. The summed E-state index contributed by atoms with van der Waals surface area (Å²) in [7, 11) is 0. The fourth-order valence-corrected chi connectivity index (χ4v) is 9.08. The molecule has 0 fully saturated rings. The molecule has 0 aliphatic heterocycles. The van der Waals surface area contributed by atoms with E-state index in [1.54, 1.807) is 0 Å². The van der Waals surface area contributed by atoms with E-state index in [9.17, 15) is 0 Å². The molecule has 0 bridgehead atoms. The summed E-state index contributed by atoms with van der Waals surface area (Å²) in [5, 5.41) is 5.84. The Kier molecular flexibility index (Phi) is 16.4. The van der Waals surface area contributed by atoms with E-state index in [1.807, 2.05) is 12.1 Å². The van der Waals surface area contributed by atoms with Crippen LogP contribution in [0.4, 0.5) is 28.4 Å². The summed E-state index contributed by atoms with van der Waals surface area (Å²) in [5.41, 5.74) is 11.6. The number of anilines is 5. The molecule has 0 aliphatic rings. The zero-order valence-corrected chi connectivity index (χ0v) is 38.6. The van der Waals surface area contributed by atoms with Crippen LogP contribution in [0.5, 0.6) is 0 Å². The molecule has 7 aromatic carbocycles. The molecule has 0 N–H and O–H groups in total. The molecule has 62 heavy (non-hydrogen) atoms. The minimum absolute atomic E-state index is 0.736. The molecule has 4 heteroatoms. The standard InChI is InChI=1S/C58H68ClN3/c1-5-9-41-60(42-10-6-2)50-33-23-45(24-34-50)21-27-47-29-39-57(55-19-15-13-17-53(47)55)62(52-37-31-49(59)32-38-52)58-40-30-48(54-18-14-16-20-56(54)58)28-22-46-25-35-51(36-26-46)61(43-11-7-3)44-12-8-4/h13-20,23-26,29-40H,5-12,21-22,27-28,41-44H2,1-4H3. The van der Waals surface area contributed by atoms with Crippen LogP contribution in [0.3, 0.4) is 0 Å². The van der Waals surface area contributed by atoms with Crippen molar-refractivity contribution in [3.63, 3.8) is 0 Å². The molecular formula is C58H68ClN3. The van der Waals surface area contributed by atoms with E-state index in [0.29, 0.717) is 0 Å². The van der Waals surface area contributed by atoms with Gasteiger partial charge in [-0.25, -0.2) is 0 Å². The van der Waals surface area contributed by atoms with Gasteiger partial charge in [-0.05, 0) is 145 Å². The highest BCUT2D eigenvalue weighted by Crippen LogP contribution is 2.44. The van der Waals surface area contributed by atoms with Crippen LogP contribution < -0.4 is 14.7 Å². The van der Waals surface area contributed by atoms with Crippen molar-refractivity contribution in [1.29, 1.82) is 0 Å². The van der Waals surface area contributed by atoms with Crippen molar-refractivity contribution in [2.24, 2.45) is 0 Å². The molecule has 0 atom stereocenters. The average molecular weight is 843 g/mol. The van der Waals surface area contributed by atoms with Gasteiger partial charge in [-0.2, -0.15) is 0 Å². The third-order valence-electron chi connectivity index (χ3n) is 12.6. The van der Waals surface area contributed by atoms with E-state index in [1.165, 1.54) is 118 Å². The number of fused-ring (bicyclic) bond motifs is 2. The highest BCUT2D eigenvalue weighted by atomic mass is 35.5. The summed E-state index contributed by atoms with van der Waals surface area (Å²) < 4.78 is 0. The number of hydrogen-bond acceptors (Lipinski definition) is 3. The molecule has 0 amide bonds. The monoisotopic (exact) mass is 842 g/mol. The highest BCUT2D eigenvalue weighted by molar-refractivity contribution is 6.30. The summed E-state index contributed by atoms with van der Waals surface area (Å²) in [4.78, 5) is 7.59. The Morgan fingerprint density at radius 1 is 0.355 bits per heavy atom. The molecule has 0 heterocycles. The maximum atomic E-state index is 6.52. The van der Waals surface area contributed by atoms with Gasteiger partial charge in [-0.15, -0.1) is 0 Å². The third-order valence-corrected chi connectivity index (χ3v) is 12.9. The van der Waals surface area contributed by atoms with E-state index in [0.717, 1.165) is 62.6 Å². The lowest BCUT2D eigenvalue weighted by molar-refractivity contribution is 0.678. The highest BCUT2D eigenvalue weighted by Gasteiger charge is 2.20. The lowest BCUT2D eigenvalue weighted by atomic mass is 9.95. The Morgan fingerprint density at radius 2 is 0.710 bits per heavy atom. The summed E-state index contributed by atoms with van der Waals surface area (Å²) in [6.07, 6.45) is 13.8. The summed E-state index contributed by atoms with van der Waals surface area (Å²) in [6.45, 7) is 13.7. The van der Waals surface area contributed by atoms with Crippen LogP contribution in [0.25, 0.3) is 21.5 Å². The lowest BCUT2D eigenvalue weighted by Crippen LogP contribution is -2.25. The number of unbranched alkanes of at least 4 members (excludes halogenated alkanes) is 4. The number of benzene rings is 7. The van der Waals surface area contributed by atoms with Gasteiger partial charge in [-0.1, -0.05) is 150 Å². The lowest BCUT2D eigenvalue weighted by Gasteiger charge is -2.29. The first-order valence-corrected chi connectivity index (χ1v) is 24.1. The Morgan fingerprint density at radius 3 is 1.08 bits per heavy atom. The van der Waals surface area contributed by atoms with Gasteiger partial charge in [0.2, 0.25) is 0 Å². The molecule has 0 saturated heterocycles. The van der Waals surface area contributed by atoms with Crippen LogP contribution >= 0.6 is 11.6 Å². The minimum atomic E-state index is 0.736. The second kappa shape index (κ2) is 22.7. The van der Waals surface area contributed by atoms with Crippen molar-refractivity contribution in [3.05, 3.63) is 173 Å². The maximum Gasteiger partial charge on any atom is 0.0540 e. The van der Waals surface area contributed by atoms with Crippen LogP contribution in [0.15, 0.2) is 146 Å². The molecular weight excluding hydrogens is 774 g/mol. The largest absolute Gasteiger partial charge is 0.372 e. The second-order valence-electron chi connectivity index (χ2n) is 17.1. The van der Waals surface area contributed by atoms with Gasteiger partial charge in [0.05, 0.1) is 11.4 Å². The smallest absolute Gasteiger partial charge is 0.0540 e. The second-order valence-corrected chi connectivity index (χ2v) is 17.5. The first kappa shape index (κ1) is 44.8. The van der Waals surface area contributed by atoms with E-state index in [2.05, 4.69) is 176 Å². The number of nitrogens with zero attached hydrogens (tertiary/aromatic N) is 3. The molecule has 7 aromatic rings. The van der Waals surface area contributed by atoms with E-state index < -0.39 is 0 Å². The number of halogens is 1. The third kappa shape index (κ3) is 11.2. The van der Waals surface area contributed by atoms with Crippen molar-refractivity contribution in [1.82, 2.24) is 0 Å².